The molecule has 0 amide bonds. The number of nitrogens with zero attached hydrogens (tertiary/aromatic N) is 4. The van der Waals surface area contributed by atoms with Crippen LogP contribution in [0.2, 0.25) is 0 Å². The molecule has 0 aliphatic heterocycles. The first-order valence-electron chi connectivity index (χ1n) is 9.47. The molecule has 0 saturated heterocycles. The lowest BCUT2D eigenvalue weighted by Crippen LogP contribution is -2.43. The molecule has 2 N–H and O–H groups in total. The molecule has 6 nitrogen and oxygen atoms in total. The van der Waals surface area contributed by atoms with Crippen LogP contribution in [0.5, 0.6) is 0 Å². The number of aromatic nitrogens is 3. The number of guanidine groups is 1. The summed E-state index contributed by atoms with van der Waals surface area (Å²) >= 11 is 0. The third-order valence-corrected chi connectivity index (χ3v) is 5.43. The SMILES string of the molecule is CCCCNC(=NCc1nnc(C)n1C)NCC1(CC)CCCC1. The van der Waals surface area contributed by atoms with Gasteiger partial charge >= 0.3 is 0 Å². The standard InChI is InChI=1S/C18H34N6/c1-5-7-12-19-17(20-13-16-23-22-15(3)24(16)4)21-14-18(6-2)10-8-9-11-18/h5-14H2,1-4H3,(H2,19,20,21). The fourth-order valence-electron chi connectivity index (χ4n) is 3.35. The van der Waals surface area contributed by atoms with Crippen LogP contribution in [0.15, 0.2) is 4.99 Å². The van der Waals surface area contributed by atoms with Gasteiger partial charge in [-0.1, -0.05) is 33.1 Å². The van der Waals surface area contributed by atoms with Gasteiger partial charge in [0, 0.05) is 20.1 Å². The molecule has 2 rings (SSSR count). The van der Waals surface area contributed by atoms with E-state index in [0.29, 0.717) is 12.0 Å². The van der Waals surface area contributed by atoms with Crippen molar-refractivity contribution in [2.75, 3.05) is 13.1 Å². The normalized spacial score (nSPS) is 17.2. The van der Waals surface area contributed by atoms with Crippen molar-refractivity contribution in [3.8, 4) is 0 Å². The number of aryl methyl sites for hydroxylation is 1. The molecular formula is C18H34N6. The molecule has 1 aromatic rings. The smallest absolute Gasteiger partial charge is 0.191 e. The second-order valence-corrected chi connectivity index (χ2v) is 7.08. The van der Waals surface area contributed by atoms with Gasteiger partial charge in [0.05, 0.1) is 0 Å². The summed E-state index contributed by atoms with van der Waals surface area (Å²) in [6, 6.07) is 0. The molecule has 1 aromatic heterocycles. The minimum Gasteiger partial charge on any atom is -0.356 e. The summed E-state index contributed by atoms with van der Waals surface area (Å²) in [6.45, 7) is 9.01. The van der Waals surface area contributed by atoms with E-state index in [-0.39, 0.29) is 0 Å². The molecule has 0 radical (unpaired) electrons. The summed E-state index contributed by atoms with van der Waals surface area (Å²) < 4.78 is 2.00. The van der Waals surface area contributed by atoms with Gasteiger partial charge in [0.2, 0.25) is 0 Å². The highest BCUT2D eigenvalue weighted by atomic mass is 15.3. The Labute approximate surface area is 146 Å². The maximum absolute atomic E-state index is 4.74. The van der Waals surface area contributed by atoms with E-state index < -0.39 is 0 Å². The summed E-state index contributed by atoms with van der Waals surface area (Å²) in [5.41, 5.74) is 0.453. The van der Waals surface area contributed by atoms with Gasteiger partial charge in [-0.2, -0.15) is 0 Å². The molecule has 6 heteroatoms. The zero-order chi connectivity index (χ0) is 17.4. The minimum atomic E-state index is 0.453. The Kier molecular flexibility index (Phi) is 7.06. The molecule has 0 aromatic carbocycles. The highest BCUT2D eigenvalue weighted by Crippen LogP contribution is 2.40. The third kappa shape index (κ3) is 4.95. The van der Waals surface area contributed by atoms with Gasteiger partial charge in [0.15, 0.2) is 11.8 Å². The predicted molar refractivity (Wildman–Crippen MR) is 99.0 cm³/mol. The highest BCUT2D eigenvalue weighted by Gasteiger charge is 2.31. The lowest BCUT2D eigenvalue weighted by atomic mass is 9.83. The van der Waals surface area contributed by atoms with E-state index >= 15 is 0 Å². The molecule has 0 unspecified atom stereocenters. The summed E-state index contributed by atoms with van der Waals surface area (Å²) in [5, 5.41) is 15.4. The van der Waals surface area contributed by atoms with E-state index in [2.05, 4.69) is 34.7 Å². The van der Waals surface area contributed by atoms with Crippen molar-refractivity contribution < 1.29 is 0 Å². The lowest BCUT2D eigenvalue weighted by molar-refractivity contribution is 0.283. The fraction of sp³-hybridized carbons (Fsp3) is 0.833. The molecule has 1 saturated carbocycles. The van der Waals surface area contributed by atoms with Gasteiger partial charge in [0.1, 0.15) is 12.4 Å². The van der Waals surface area contributed by atoms with Gasteiger partial charge in [-0.15, -0.1) is 10.2 Å². The molecule has 0 spiro atoms. The van der Waals surface area contributed by atoms with Crippen molar-refractivity contribution in [1.82, 2.24) is 25.4 Å². The van der Waals surface area contributed by atoms with Crippen molar-refractivity contribution in [1.29, 1.82) is 0 Å². The predicted octanol–water partition coefficient (Wildman–Crippen LogP) is 2.93. The quantitative estimate of drug-likeness (QED) is 0.436. The highest BCUT2D eigenvalue weighted by molar-refractivity contribution is 5.79. The average molecular weight is 335 g/mol. The van der Waals surface area contributed by atoms with E-state index in [1.165, 1.54) is 38.5 Å². The van der Waals surface area contributed by atoms with Gasteiger partial charge < -0.3 is 15.2 Å². The summed E-state index contributed by atoms with van der Waals surface area (Å²) in [4.78, 5) is 4.74. The lowest BCUT2D eigenvalue weighted by Gasteiger charge is -2.28. The van der Waals surface area contributed by atoms with Gasteiger partial charge in [-0.3, -0.25) is 0 Å². The van der Waals surface area contributed by atoms with Crippen molar-refractivity contribution in [2.24, 2.45) is 17.5 Å². The first-order valence-corrected chi connectivity index (χ1v) is 9.47. The van der Waals surface area contributed by atoms with Crippen LogP contribution in [-0.4, -0.2) is 33.8 Å². The Hall–Kier alpha value is -1.59. The summed E-state index contributed by atoms with van der Waals surface area (Å²) in [5.74, 6) is 2.73. The summed E-state index contributed by atoms with van der Waals surface area (Å²) in [7, 11) is 1.99. The molecule has 136 valence electrons. The van der Waals surface area contributed by atoms with E-state index in [1.54, 1.807) is 0 Å². The van der Waals surface area contributed by atoms with Crippen molar-refractivity contribution >= 4 is 5.96 Å². The van der Waals surface area contributed by atoms with Crippen molar-refractivity contribution in [3.63, 3.8) is 0 Å². The van der Waals surface area contributed by atoms with Crippen LogP contribution in [0.1, 0.15) is 70.4 Å². The van der Waals surface area contributed by atoms with Gasteiger partial charge in [0.25, 0.3) is 0 Å². The topological polar surface area (TPSA) is 67.1 Å². The summed E-state index contributed by atoms with van der Waals surface area (Å²) in [6.07, 6.45) is 8.98. The number of hydrogen-bond acceptors (Lipinski definition) is 3. The van der Waals surface area contributed by atoms with Crippen molar-refractivity contribution in [3.05, 3.63) is 11.6 Å². The van der Waals surface area contributed by atoms with Crippen molar-refractivity contribution in [2.45, 2.75) is 72.3 Å². The minimum absolute atomic E-state index is 0.453. The maximum atomic E-state index is 4.74. The number of aliphatic imine (C=N–C) groups is 1. The van der Waals surface area contributed by atoms with Crippen LogP contribution in [0.25, 0.3) is 0 Å². The molecule has 1 aliphatic rings. The Morgan fingerprint density at radius 3 is 2.54 bits per heavy atom. The first-order chi connectivity index (χ1) is 11.6. The van der Waals surface area contributed by atoms with E-state index in [0.717, 1.165) is 37.1 Å². The zero-order valence-electron chi connectivity index (χ0n) is 15.9. The fourth-order valence-corrected chi connectivity index (χ4v) is 3.35. The van der Waals surface area contributed by atoms with Gasteiger partial charge in [-0.25, -0.2) is 4.99 Å². The zero-order valence-corrected chi connectivity index (χ0v) is 15.9. The second kappa shape index (κ2) is 9.04. The van der Waals surface area contributed by atoms with Crippen LogP contribution in [-0.2, 0) is 13.6 Å². The Balaban J connectivity index is 1.97. The van der Waals surface area contributed by atoms with Crippen LogP contribution in [0, 0.1) is 12.3 Å². The first kappa shape index (κ1) is 18.7. The second-order valence-electron chi connectivity index (χ2n) is 7.08. The Morgan fingerprint density at radius 1 is 1.21 bits per heavy atom. The molecule has 24 heavy (non-hydrogen) atoms. The van der Waals surface area contributed by atoms with Crippen LogP contribution < -0.4 is 10.6 Å². The van der Waals surface area contributed by atoms with Gasteiger partial charge in [-0.05, 0) is 38.0 Å². The van der Waals surface area contributed by atoms with E-state index in [4.69, 9.17) is 4.99 Å². The number of unbranched alkanes of at least 4 members (excludes halogenated alkanes) is 1. The molecule has 1 heterocycles. The molecule has 0 bridgehead atoms. The number of rotatable bonds is 8. The van der Waals surface area contributed by atoms with E-state index in [1.807, 2.05) is 18.5 Å². The Bertz CT molecular complexity index is 528. The molecule has 1 aliphatic carbocycles. The largest absolute Gasteiger partial charge is 0.356 e. The molecule has 0 atom stereocenters. The van der Waals surface area contributed by atoms with Crippen LogP contribution >= 0.6 is 0 Å². The third-order valence-electron chi connectivity index (χ3n) is 5.43. The van der Waals surface area contributed by atoms with Crippen LogP contribution in [0.3, 0.4) is 0 Å². The average Bonchev–Trinajstić information content (AvgIpc) is 3.19. The molecular weight excluding hydrogens is 300 g/mol. The maximum Gasteiger partial charge on any atom is 0.191 e. The van der Waals surface area contributed by atoms with Crippen LogP contribution in [0.4, 0.5) is 0 Å². The number of nitrogens with one attached hydrogen (secondary N) is 2. The van der Waals surface area contributed by atoms with E-state index in [9.17, 15) is 0 Å². The number of hydrogen-bond donors (Lipinski definition) is 2. The molecule has 1 fully saturated rings. The Morgan fingerprint density at radius 2 is 1.96 bits per heavy atom. The monoisotopic (exact) mass is 334 g/mol.